The Morgan fingerprint density at radius 1 is 1.26 bits per heavy atom. The predicted molar refractivity (Wildman–Crippen MR) is 114 cm³/mol. The highest BCUT2D eigenvalue weighted by Gasteiger charge is 2.49. The molecule has 3 heterocycles. The van der Waals surface area contributed by atoms with E-state index in [4.69, 9.17) is 0 Å². The van der Waals surface area contributed by atoms with Crippen molar-refractivity contribution in [3.63, 3.8) is 0 Å². The first-order chi connectivity index (χ1) is 14.8. The number of fused-ring (bicyclic) bond motifs is 1. The van der Waals surface area contributed by atoms with Crippen LogP contribution in [-0.2, 0) is 6.42 Å². The third kappa shape index (κ3) is 3.92. The van der Waals surface area contributed by atoms with Crippen molar-refractivity contribution >= 4 is 33.1 Å². The number of nitriles is 1. The van der Waals surface area contributed by atoms with Crippen LogP contribution in [0.25, 0.3) is 10.2 Å². The molecule has 9 heteroatoms. The number of nitrogens with zero attached hydrogens (tertiary/aromatic N) is 4. The second-order valence-corrected chi connectivity index (χ2v) is 9.61. The van der Waals surface area contributed by atoms with Crippen molar-refractivity contribution in [2.45, 2.75) is 37.9 Å². The fraction of sp³-hybridized carbons (Fsp3) is 0.409. The van der Waals surface area contributed by atoms with E-state index in [1.807, 2.05) is 24.3 Å². The van der Waals surface area contributed by atoms with Crippen molar-refractivity contribution in [3.8, 4) is 6.07 Å². The second kappa shape index (κ2) is 7.38. The quantitative estimate of drug-likeness (QED) is 0.605. The molecule has 31 heavy (non-hydrogen) atoms. The first kappa shape index (κ1) is 20.1. The van der Waals surface area contributed by atoms with E-state index in [1.54, 1.807) is 6.07 Å². The van der Waals surface area contributed by atoms with E-state index in [0.717, 1.165) is 55.2 Å². The number of nitrogens with one attached hydrogen (secondary N) is 1. The minimum absolute atomic E-state index is 0.182. The van der Waals surface area contributed by atoms with Crippen LogP contribution >= 0.6 is 11.3 Å². The summed E-state index contributed by atoms with van der Waals surface area (Å²) in [5.74, 6) is 0.734. The summed E-state index contributed by atoms with van der Waals surface area (Å²) in [5.41, 5.74) is 1.70. The Hall–Kier alpha value is -2.86. The Bertz CT molecular complexity index is 1160. The normalized spacial score (nSPS) is 23.2. The predicted octanol–water partition coefficient (Wildman–Crippen LogP) is 5.14. The van der Waals surface area contributed by atoms with Crippen molar-refractivity contribution in [1.82, 2.24) is 9.97 Å². The summed E-state index contributed by atoms with van der Waals surface area (Å²) < 4.78 is 38.4. The summed E-state index contributed by atoms with van der Waals surface area (Å²) in [6, 6.07) is 11.6. The molecule has 2 fully saturated rings. The van der Waals surface area contributed by atoms with Crippen LogP contribution in [0.2, 0.25) is 0 Å². The molecule has 0 amide bonds. The molecule has 0 radical (unpaired) electrons. The zero-order chi connectivity index (χ0) is 21.6. The molecule has 1 spiro atoms. The summed E-state index contributed by atoms with van der Waals surface area (Å²) >= 11 is 1.09. The first-order valence-corrected chi connectivity index (χ1v) is 11.0. The molecule has 1 N–H and O–H groups in total. The lowest BCUT2D eigenvalue weighted by atomic mass is 9.65. The van der Waals surface area contributed by atoms with Gasteiger partial charge < -0.3 is 10.2 Å². The van der Waals surface area contributed by atoms with Gasteiger partial charge in [0.25, 0.3) is 0 Å². The number of thiophene rings is 1. The molecular formula is C22H20F3N5S. The first-order valence-electron chi connectivity index (χ1n) is 10.1. The Kier molecular flexibility index (Phi) is 4.77. The van der Waals surface area contributed by atoms with Crippen LogP contribution in [0.4, 0.5) is 24.7 Å². The maximum absolute atomic E-state index is 12.8. The molecule has 0 atom stereocenters. The fourth-order valence-corrected chi connectivity index (χ4v) is 5.91. The lowest BCUT2D eigenvalue weighted by Crippen LogP contribution is -2.47. The standard InChI is InChI=1S/C22H20F3N5S/c23-22(24,25)10-16-7-17-19(27-13-28-20(17)31-16)30-6-5-21(12-30)8-15(9-21)29-18-4-2-1-3-14(18)11-26/h1-4,7,13,15,29H,5-6,8-10,12H2. The number of benzene rings is 1. The highest BCUT2D eigenvalue weighted by molar-refractivity contribution is 7.18. The third-order valence-electron chi connectivity index (χ3n) is 6.24. The summed E-state index contributed by atoms with van der Waals surface area (Å²) in [4.78, 5) is 11.7. The van der Waals surface area contributed by atoms with E-state index in [2.05, 4.69) is 26.3 Å². The van der Waals surface area contributed by atoms with Gasteiger partial charge in [-0.1, -0.05) is 12.1 Å². The Morgan fingerprint density at radius 2 is 2.06 bits per heavy atom. The molecule has 160 valence electrons. The van der Waals surface area contributed by atoms with E-state index in [-0.39, 0.29) is 10.3 Å². The van der Waals surface area contributed by atoms with E-state index < -0.39 is 12.6 Å². The van der Waals surface area contributed by atoms with E-state index in [0.29, 0.717) is 21.8 Å². The maximum atomic E-state index is 12.8. The molecule has 1 saturated heterocycles. The average molecular weight is 443 g/mol. The van der Waals surface area contributed by atoms with Gasteiger partial charge in [0.15, 0.2) is 0 Å². The molecule has 5 rings (SSSR count). The largest absolute Gasteiger partial charge is 0.393 e. The lowest BCUT2D eigenvalue weighted by Gasteiger charge is -2.46. The number of alkyl halides is 3. The third-order valence-corrected chi connectivity index (χ3v) is 7.28. The monoisotopic (exact) mass is 443 g/mol. The minimum atomic E-state index is -4.23. The van der Waals surface area contributed by atoms with Crippen LogP contribution in [0, 0.1) is 16.7 Å². The van der Waals surface area contributed by atoms with Gasteiger partial charge in [0.2, 0.25) is 0 Å². The van der Waals surface area contributed by atoms with Gasteiger partial charge in [-0.05, 0) is 42.9 Å². The fourth-order valence-electron chi connectivity index (χ4n) is 4.89. The second-order valence-electron chi connectivity index (χ2n) is 8.50. The van der Waals surface area contributed by atoms with Gasteiger partial charge in [-0.15, -0.1) is 11.3 Å². The molecule has 2 aliphatic rings. The highest BCUT2D eigenvalue weighted by Crippen LogP contribution is 2.50. The summed E-state index contributed by atoms with van der Waals surface area (Å²) in [7, 11) is 0. The Morgan fingerprint density at radius 3 is 2.84 bits per heavy atom. The number of hydrogen-bond donors (Lipinski definition) is 1. The zero-order valence-corrected chi connectivity index (χ0v) is 17.4. The molecule has 0 bridgehead atoms. The number of aromatic nitrogens is 2. The van der Waals surface area contributed by atoms with Crippen molar-refractivity contribution < 1.29 is 13.2 Å². The molecule has 1 aliphatic carbocycles. The molecule has 1 aromatic carbocycles. The highest BCUT2D eigenvalue weighted by atomic mass is 32.1. The topological polar surface area (TPSA) is 64.8 Å². The van der Waals surface area contributed by atoms with E-state index >= 15 is 0 Å². The minimum Gasteiger partial charge on any atom is -0.381 e. The van der Waals surface area contributed by atoms with Gasteiger partial charge in [-0.25, -0.2) is 9.97 Å². The summed E-state index contributed by atoms with van der Waals surface area (Å²) in [6.45, 7) is 1.67. The molecule has 3 aromatic rings. The van der Waals surface area contributed by atoms with Gasteiger partial charge in [-0.3, -0.25) is 0 Å². The number of rotatable bonds is 4. The van der Waals surface area contributed by atoms with Crippen LogP contribution in [0.3, 0.4) is 0 Å². The molecule has 0 unspecified atom stereocenters. The van der Waals surface area contributed by atoms with Gasteiger partial charge >= 0.3 is 6.18 Å². The SMILES string of the molecule is N#Cc1ccccc1NC1CC2(CCN(c3ncnc4sc(CC(F)(F)F)cc34)C2)C1. The van der Waals surface area contributed by atoms with Crippen molar-refractivity contribution in [2.24, 2.45) is 5.41 Å². The summed E-state index contributed by atoms with van der Waals surface area (Å²) in [5, 5.41) is 13.5. The van der Waals surface area contributed by atoms with Gasteiger partial charge in [-0.2, -0.15) is 18.4 Å². The van der Waals surface area contributed by atoms with E-state index in [9.17, 15) is 18.4 Å². The Labute approximate surface area is 181 Å². The molecule has 2 aromatic heterocycles. The number of anilines is 2. The Balaban J connectivity index is 1.28. The summed E-state index contributed by atoms with van der Waals surface area (Å²) in [6.07, 6.45) is -0.698. The van der Waals surface area contributed by atoms with Crippen LogP contribution in [-0.4, -0.2) is 35.3 Å². The molecule has 1 saturated carbocycles. The maximum Gasteiger partial charge on any atom is 0.393 e. The molecular weight excluding hydrogens is 423 g/mol. The number of hydrogen-bond acceptors (Lipinski definition) is 6. The van der Waals surface area contributed by atoms with Crippen molar-refractivity contribution in [2.75, 3.05) is 23.3 Å². The van der Waals surface area contributed by atoms with Gasteiger partial charge in [0.05, 0.1) is 23.1 Å². The smallest absolute Gasteiger partial charge is 0.381 e. The van der Waals surface area contributed by atoms with E-state index in [1.165, 1.54) is 6.33 Å². The zero-order valence-electron chi connectivity index (χ0n) is 16.6. The number of halogens is 3. The van der Waals surface area contributed by atoms with Crippen LogP contribution < -0.4 is 10.2 Å². The van der Waals surface area contributed by atoms with Gasteiger partial charge in [0.1, 0.15) is 23.0 Å². The average Bonchev–Trinajstić information content (AvgIpc) is 3.30. The molecule has 1 aliphatic heterocycles. The molecule has 5 nitrogen and oxygen atoms in total. The van der Waals surface area contributed by atoms with Gasteiger partial charge in [0, 0.05) is 24.0 Å². The van der Waals surface area contributed by atoms with Crippen molar-refractivity contribution in [3.05, 3.63) is 47.1 Å². The van der Waals surface area contributed by atoms with Crippen LogP contribution in [0.1, 0.15) is 29.7 Å². The van der Waals surface area contributed by atoms with Crippen LogP contribution in [0.15, 0.2) is 36.7 Å². The number of para-hydroxylation sites is 1. The van der Waals surface area contributed by atoms with Crippen LogP contribution in [0.5, 0.6) is 0 Å². The lowest BCUT2D eigenvalue weighted by molar-refractivity contribution is -0.126. The van der Waals surface area contributed by atoms with Crippen molar-refractivity contribution in [1.29, 1.82) is 5.26 Å².